The normalized spacial score (nSPS) is 15.3. The lowest BCUT2D eigenvalue weighted by Crippen LogP contribution is -2.05. The zero-order valence-corrected chi connectivity index (χ0v) is 14.1. The van der Waals surface area contributed by atoms with Gasteiger partial charge in [-0.25, -0.2) is 9.79 Å². The average Bonchev–Trinajstić information content (AvgIpc) is 2.90. The molecule has 0 amide bonds. The van der Waals surface area contributed by atoms with Crippen LogP contribution in [0.25, 0.3) is 6.08 Å². The number of aliphatic imine (C=N–C) groups is 1. The van der Waals surface area contributed by atoms with E-state index >= 15 is 0 Å². The van der Waals surface area contributed by atoms with Crippen molar-refractivity contribution in [1.29, 1.82) is 0 Å². The topological polar surface area (TPSA) is 81.8 Å². The highest BCUT2D eigenvalue weighted by atomic mass is 79.9. The van der Waals surface area contributed by atoms with E-state index in [4.69, 9.17) is 4.74 Å². The van der Waals surface area contributed by atoms with Gasteiger partial charge in [0.2, 0.25) is 5.90 Å². The van der Waals surface area contributed by atoms with Crippen molar-refractivity contribution in [3.8, 4) is 0 Å². The number of nitro benzene ring substituents is 1. The van der Waals surface area contributed by atoms with E-state index < -0.39 is 10.9 Å². The summed E-state index contributed by atoms with van der Waals surface area (Å²) in [4.78, 5) is 26.6. The highest BCUT2D eigenvalue weighted by Crippen LogP contribution is 2.27. The van der Waals surface area contributed by atoms with Gasteiger partial charge in [0.1, 0.15) is 0 Å². The van der Waals surface area contributed by atoms with Gasteiger partial charge in [-0.3, -0.25) is 10.1 Å². The Morgan fingerprint density at radius 2 is 1.92 bits per heavy atom. The molecule has 0 atom stereocenters. The number of hydrogen-bond donors (Lipinski definition) is 0. The first-order valence-electron chi connectivity index (χ1n) is 6.97. The Labute approximate surface area is 145 Å². The van der Waals surface area contributed by atoms with E-state index in [2.05, 4.69) is 20.9 Å². The Balaban J connectivity index is 1.95. The van der Waals surface area contributed by atoms with Crippen LogP contribution in [-0.2, 0) is 9.53 Å². The Hall–Kier alpha value is -2.80. The van der Waals surface area contributed by atoms with Crippen molar-refractivity contribution in [2.75, 3.05) is 0 Å². The molecule has 0 bridgehead atoms. The maximum Gasteiger partial charge on any atom is 0.363 e. The molecular formula is C17H11BrN2O4. The number of carbonyl (C=O) groups is 1. The number of hydrogen-bond acceptors (Lipinski definition) is 5. The molecule has 6 nitrogen and oxygen atoms in total. The largest absolute Gasteiger partial charge is 0.402 e. The zero-order chi connectivity index (χ0) is 17.3. The molecule has 2 aromatic carbocycles. The van der Waals surface area contributed by atoms with Crippen molar-refractivity contribution in [3.05, 3.63) is 79.4 Å². The second kappa shape index (κ2) is 6.37. The predicted octanol–water partition coefficient (Wildman–Crippen LogP) is 4.01. The van der Waals surface area contributed by atoms with E-state index in [0.29, 0.717) is 15.6 Å². The monoisotopic (exact) mass is 386 g/mol. The second-order valence-electron chi connectivity index (χ2n) is 5.17. The van der Waals surface area contributed by atoms with Crippen LogP contribution in [0.3, 0.4) is 0 Å². The van der Waals surface area contributed by atoms with E-state index in [1.807, 2.05) is 31.2 Å². The summed E-state index contributed by atoms with van der Waals surface area (Å²) >= 11 is 3.12. The first kappa shape index (κ1) is 16.1. The molecule has 7 heteroatoms. The van der Waals surface area contributed by atoms with Crippen molar-refractivity contribution >= 4 is 39.6 Å². The van der Waals surface area contributed by atoms with Crippen molar-refractivity contribution in [1.82, 2.24) is 0 Å². The van der Waals surface area contributed by atoms with E-state index in [-0.39, 0.29) is 17.3 Å². The number of cyclic esters (lactones) is 1. The van der Waals surface area contributed by atoms with Crippen molar-refractivity contribution < 1.29 is 14.5 Å². The van der Waals surface area contributed by atoms with Crippen LogP contribution in [0.2, 0.25) is 0 Å². The summed E-state index contributed by atoms with van der Waals surface area (Å²) in [5, 5.41) is 11.0. The third-order valence-electron chi connectivity index (χ3n) is 3.39. The second-order valence-corrected chi connectivity index (χ2v) is 6.02. The average molecular weight is 387 g/mol. The first-order valence-corrected chi connectivity index (χ1v) is 7.77. The number of halogens is 1. The minimum Gasteiger partial charge on any atom is -0.402 e. The molecule has 24 heavy (non-hydrogen) atoms. The van der Waals surface area contributed by atoms with Gasteiger partial charge < -0.3 is 4.74 Å². The number of nitrogens with zero attached hydrogens (tertiary/aromatic N) is 2. The number of aryl methyl sites for hydroxylation is 1. The third kappa shape index (κ3) is 3.26. The molecule has 1 heterocycles. The summed E-state index contributed by atoms with van der Waals surface area (Å²) in [5.74, 6) is -0.367. The highest BCUT2D eigenvalue weighted by Gasteiger charge is 2.24. The van der Waals surface area contributed by atoms with Crippen LogP contribution in [0, 0.1) is 17.0 Å². The van der Waals surface area contributed by atoms with Crippen LogP contribution in [0.4, 0.5) is 5.69 Å². The molecule has 1 aliphatic rings. The third-order valence-corrected chi connectivity index (χ3v) is 4.06. The molecule has 0 unspecified atom stereocenters. The van der Waals surface area contributed by atoms with Crippen LogP contribution < -0.4 is 0 Å². The minimum atomic E-state index is -0.587. The van der Waals surface area contributed by atoms with E-state index in [1.165, 1.54) is 12.1 Å². The maximum atomic E-state index is 12.0. The minimum absolute atomic E-state index is 0.0848. The van der Waals surface area contributed by atoms with Gasteiger partial charge in [-0.2, -0.15) is 0 Å². The molecule has 0 radical (unpaired) electrons. The summed E-state index contributed by atoms with van der Waals surface area (Å²) in [6.45, 7) is 1.96. The molecular weight excluding hydrogens is 376 g/mol. The molecule has 3 rings (SSSR count). The highest BCUT2D eigenvalue weighted by molar-refractivity contribution is 9.10. The van der Waals surface area contributed by atoms with E-state index in [9.17, 15) is 14.9 Å². The smallest absolute Gasteiger partial charge is 0.363 e. The van der Waals surface area contributed by atoms with Crippen LogP contribution in [0.1, 0.15) is 16.7 Å². The van der Waals surface area contributed by atoms with Crippen LogP contribution in [0.5, 0.6) is 0 Å². The SMILES string of the molecule is Cc1ccc(C2=N/C(=C/c3ccc(Br)c([N+](=O)[O-])c3)C(=O)O2)cc1. The fraction of sp³-hybridized carbons (Fsp3) is 0.0588. The summed E-state index contributed by atoms with van der Waals surface area (Å²) in [6, 6.07) is 12.0. The summed E-state index contributed by atoms with van der Waals surface area (Å²) < 4.78 is 5.54. The summed E-state index contributed by atoms with van der Waals surface area (Å²) in [5.41, 5.74) is 2.28. The van der Waals surface area contributed by atoms with Gasteiger partial charge in [0.05, 0.1) is 9.40 Å². The summed E-state index contributed by atoms with van der Waals surface area (Å²) in [6.07, 6.45) is 1.46. The molecule has 0 aliphatic carbocycles. The fourth-order valence-corrected chi connectivity index (χ4v) is 2.54. The van der Waals surface area contributed by atoms with Gasteiger partial charge in [0.25, 0.3) is 5.69 Å². The molecule has 120 valence electrons. The molecule has 2 aromatic rings. The van der Waals surface area contributed by atoms with Crippen LogP contribution in [0.15, 0.2) is 57.6 Å². The maximum absolute atomic E-state index is 12.0. The number of nitro groups is 1. The molecule has 0 aromatic heterocycles. The lowest BCUT2D eigenvalue weighted by molar-refractivity contribution is -0.385. The van der Waals surface area contributed by atoms with Gasteiger partial charge >= 0.3 is 5.97 Å². The predicted molar refractivity (Wildman–Crippen MR) is 92.6 cm³/mol. The van der Waals surface area contributed by atoms with Crippen molar-refractivity contribution in [3.63, 3.8) is 0 Å². The first-order chi connectivity index (χ1) is 11.4. The Morgan fingerprint density at radius 3 is 2.58 bits per heavy atom. The van der Waals surface area contributed by atoms with Gasteiger partial charge in [0.15, 0.2) is 5.70 Å². The Morgan fingerprint density at radius 1 is 1.21 bits per heavy atom. The lowest BCUT2D eigenvalue weighted by atomic mass is 10.1. The van der Waals surface area contributed by atoms with E-state index in [1.54, 1.807) is 12.1 Å². The standard InChI is InChI=1S/C17H11BrN2O4/c1-10-2-5-12(6-3-10)16-19-14(17(21)24-16)8-11-4-7-13(18)15(9-11)20(22)23/h2-9H,1H3/b14-8+. The number of carbonyl (C=O) groups excluding carboxylic acids is 1. The summed E-state index contributed by atoms with van der Waals surface area (Å²) in [7, 11) is 0. The van der Waals surface area contributed by atoms with Crippen molar-refractivity contribution in [2.24, 2.45) is 4.99 Å². The number of benzene rings is 2. The van der Waals surface area contributed by atoms with Crippen LogP contribution >= 0.6 is 15.9 Å². The lowest BCUT2D eigenvalue weighted by Gasteiger charge is -1.99. The van der Waals surface area contributed by atoms with Gasteiger partial charge in [-0.05, 0) is 52.7 Å². The zero-order valence-electron chi connectivity index (χ0n) is 12.5. The number of ether oxygens (including phenoxy) is 1. The van der Waals surface area contributed by atoms with Crippen LogP contribution in [-0.4, -0.2) is 16.8 Å². The molecule has 0 fully saturated rings. The molecule has 0 saturated carbocycles. The fourth-order valence-electron chi connectivity index (χ4n) is 2.15. The molecule has 1 aliphatic heterocycles. The van der Waals surface area contributed by atoms with Gasteiger partial charge in [-0.15, -0.1) is 0 Å². The number of rotatable bonds is 3. The molecule has 0 N–H and O–H groups in total. The van der Waals surface area contributed by atoms with Gasteiger partial charge in [0, 0.05) is 11.6 Å². The number of esters is 1. The quantitative estimate of drug-likeness (QED) is 0.345. The van der Waals surface area contributed by atoms with Crippen molar-refractivity contribution in [2.45, 2.75) is 6.92 Å². The molecule has 0 saturated heterocycles. The Bertz CT molecular complexity index is 901. The van der Waals surface area contributed by atoms with E-state index in [0.717, 1.165) is 5.56 Å². The molecule has 0 spiro atoms. The Kier molecular flexibility index (Phi) is 4.26. The van der Waals surface area contributed by atoms with Gasteiger partial charge in [-0.1, -0.05) is 23.8 Å².